The molecule has 0 saturated carbocycles. The normalized spacial score (nSPS) is 12.6. The lowest BCUT2D eigenvalue weighted by molar-refractivity contribution is 0.0933. The Morgan fingerprint density at radius 3 is 2.85 bits per heavy atom. The van der Waals surface area contributed by atoms with E-state index < -0.39 is 0 Å². The van der Waals surface area contributed by atoms with Crippen LogP contribution in [-0.4, -0.2) is 20.7 Å². The molecule has 0 unspecified atom stereocenters. The lowest BCUT2D eigenvalue weighted by Crippen LogP contribution is -2.30. The summed E-state index contributed by atoms with van der Waals surface area (Å²) in [4.78, 5) is 12.9. The van der Waals surface area contributed by atoms with Gasteiger partial charge < -0.3 is 9.88 Å². The van der Waals surface area contributed by atoms with Crippen LogP contribution in [0.3, 0.4) is 0 Å². The maximum absolute atomic E-state index is 12.2. The molecule has 1 atom stereocenters. The van der Waals surface area contributed by atoms with Gasteiger partial charge in [0.1, 0.15) is 0 Å². The highest BCUT2D eigenvalue weighted by Crippen LogP contribution is 2.20. The second-order valence-electron chi connectivity index (χ2n) is 5.08. The van der Waals surface area contributed by atoms with Gasteiger partial charge in [-0.15, -0.1) is 11.3 Å². The van der Waals surface area contributed by atoms with Gasteiger partial charge in [-0.25, -0.2) is 0 Å². The quantitative estimate of drug-likeness (QED) is 0.834. The van der Waals surface area contributed by atoms with Gasteiger partial charge in [0.2, 0.25) is 0 Å². The summed E-state index contributed by atoms with van der Waals surface area (Å²) in [6, 6.07) is 3.53. The number of H-pyrrole nitrogens is 1. The Labute approximate surface area is 127 Å². The molecule has 0 aliphatic rings. The predicted octanol–water partition coefficient (Wildman–Crippen LogP) is 3.06. The molecule has 0 saturated heterocycles. The third-order valence-corrected chi connectivity index (χ3v) is 4.22. The number of carbonyl (C=O) groups excluding carboxylic acids is 1. The second kappa shape index (κ2) is 6.32. The molecule has 0 aliphatic carbocycles. The SMILES string of the molecule is CC(C)C[C@@H](NC(=O)c1cccs1)c1n[nH]c(=S)n1C. The number of aromatic amines is 1. The largest absolute Gasteiger partial charge is 0.341 e. The first-order chi connectivity index (χ1) is 9.49. The van der Waals surface area contributed by atoms with Crippen LogP contribution in [0.5, 0.6) is 0 Å². The molecule has 0 aromatic carbocycles. The van der Waals surface area contributed by atoms with E-state index in [2.05, 4.69) is 29.4 Å². The molecule has 20 heavy (non-hydrogen) atoms. The molecule has 2 rings (SSSR count). The molecule has 2 aromatic rings. The third kappa shape index (κ3) is 3.34. The Kier molecular flexibility index (Phi) is 4.72. The Balaban J connectivity index is 2.22. The summed E-state index contributed by atoms with van der Waals surface area (Å²) in [6.45, 7) is 4.23. The number of amides is 1. The minimum atomic E-state index is -0.150. The maximum Gasteiger partial charge on any atom is 0.261 e. The lowest BCUT2D eigenvalue weighted by Gasteiger charge is -2.19. The Bertz CT molecular complexity index is 627. The van der Waals surface area contributed by atoms with Crippen LogP contribution in [0, 0.1) is 10.7 Å². The van der Waals surface area contributed by atoms with E-state index in [4.69, 9.17) is 12.2 Å². The summed E-state index contributed by atoms with van der Waals surface area (Å²) >= 11 is 6.56. The van der Waals surface area contributed by atoms with Gasteiger partial charge >= 0.3 is 0 Å². The molecule has 0 radical (unpaired) electrons. The molecular weight excluding hydrogens is 292 g/mol. The van der Waals surface area contributed by atoms with Gasteiger partial charge in [-0.2, -0.15) is 5.10 Å². The number of hydrogen-bond donors (Lipinski definition) is 2. The highest BCUT2D eigenvalue weighted by atomic mass is 32.1. The molecule has 0 fully saturated rings. The first-order valence-corrected chi connectivity index (χ1v) is 7.73. The van der Waals surface area contributed by atoms with Crippen LogP contribution in [-0.2, 0) is 7.05 Å². The molecule has 7 heteroatoms. The van der Waals surface area contributed by atoms with Crippen LogP contribution in [0.1, 0.15) is 41.8 Å². The van der Waals surface area contributed by atoms with E-state index >= 15 is 0 Å². The van der Waals surface area contributed by atoms with E-state index in [0.29, 0.717) is 15.6 Å². The number of carbonyl (C=O) groups is 1. The van der Waals surface area contributed by atoms with Crippen molar-refractivity contribution in [3.63, 3.8) is 0 Å². The average molecular weight is 310 g/mol. The molecule has 0 bridgehead atoms. The summed E-state index contributed by atoms with van der Waals surface area (Å²) in [5.41, 5.74) is 0. The van der Waals surface area contributed by atoms with E-state index in [1.165, 1.54) is 11.3 Å². The summed E-state index contributed by atoms with van der Waals surface area (Å²) in [5.74, 6) is 1.13. The van der Waals surface area contributed by atoms with Gasteiger partial charge in [-0.1, -0.05) is 19.9 Å². The molecule has 0 spiro atoms. The van der Waals surface area contributed by atoms with Crippen molar-refractivity contribution in [2.75, 3.05) is 0 Å². The molecule has 2 aromatic heterocycles. The summed E-state index contributed by atoms with van der Waals surface area (Å²) in [6.07, 6.45) is 0.810. The Morgan fingerprint density at radius 2 is 2.35 bits per heavy atom. The fourth-order valence-corrected chi connectivity index (χ4v) is 2.77. The van der Waals surface area contributed by atoms with Crippen LogP contribution < -0.4 is 5.32 Å². The van der Waals surface area contributed by atoms with Gasteiger partial charge in [0, 0.05) is 7.05 Å². The zero-order valence-corrected chi connectivity index (χ0v) is 13.3. The third-order valence-electron chi connectivity index (χ3n) is 2.98. The molecule has 5 nitrogen and oxygen atoms in total. The minimum Gasteiger partial charge on any atom is -0.341 e. The van der Waals surface area contributed by atoms with Gasteiger partial charge in [-0.3, -0.25) is 9.89 Å². The van der Waals surface area contributed by atoms with Crippen molar-refractivity contribution in [3.05, 3.63) is 33.0 Å². The van der Waals surface area contributed by atoms with E-state index in [1.54, 1.807) is 4.57 Å². The number of aromatic nitrogens is 3. The van der Waals surface area contributed by atoms with Crippen molar-refractivity contribution < 1.29 is 4.79 Å². The highest BCUT2D eigenvalue weighted by molar-refractivity contribution is 7.71. The zero-order chi connectivity index (χ0) is 14.7. The van der Waals surface area contributed by atoms with E-state index in [0.717, 1.165) is 12.2 Å². The monoisotopic (exact) mass is 310 g/mol. The van der Waals surface area contributed by atoms with Crippen molar-refractivity contribution in [1.82, 2.24) is 20.1 Å². The average Bonchev–Trinajstić information content (AvgIpc) is 3.00. The van der Waals surface area contributed by atoms with E-state index in [-0.39, 0.29) is 11.9 Å². The summed E-state index contributed by atoms with van der Waals surface area (Å²) in [5, 5.41) is 11.9. The molecule has 1 amide bonds. The Hall–Kier alpha value is -1.47. The number of thiophene rings is 1. The van der Waals surface area contributed by atoms with Gasteiger partial charge in [0.05, 0.1) is 10.9 Å². The zero-order valence-electron chi connectivity index (χ0n) is 11.7. The first-order valence-electron chi connectivity index (χ1n) is 6.44. The number of nitrogens with zero attached hydrogens (tertiary/aromatic N) is 2. The fraction of sp³-hybridized carbons (Fsp3) is 0.462. The van der Waals surface area contributed by atoms with Crippen molar-refractivity contribution in [2.24, 2.45) is 13.0 Å². The summed E-state index contributed by atoms with van der Waals surface area (Å²) in [7, 11) is 1.85. The number of nitrogens with one attached hydrogen (secondary N) is 2. The summed E-state index contributed by atoms with van der Waals surface area (Å²) < 4.78 is 2.36. The van der Waals surface area contributed by atoms with Crippen molar-refractivity contribution in [1.29, 1.82) is 0 Å². The maximum atomic E-state index is 12.2. The molecular formula is C13H18N4OS2. The van der Waals surface area contributed by atoms with Gasteiger partial charge in [0.15, 0.2) is 10.6 Å². The van der Waals surface area contributed by atoms with Crippen LogP contribution >= 0.6 is 23.6 Å². The van der Waals surface area contributed by atoms with E-state index in [9.17, 15) is 4.79 Å². The fourth-order valence-electron chi connectivity index (χ4n) is 2.01. The Morgan fingerprint density at radius 1 is 1.60 bits per heavy atom. The topological polar surface area (TPSA) is 62.7 Å². The molecule has 2 heterocycles. The number of hydrogen-bond acceptors (Lipinski definition) is 4. The smallest absolute Gasteiger partial charge is 0.261 e. The first kappa shape index (κ1) is 14.9. The van der Waals surface area contributed by atoms with Crippen LogP contribution in [0.25, 0.3) is 0 Å². The molecule has 2 N–H and O–H groups in total. The lowest BCUT2D eigenvalue weighted by atomic mass is 10.0. The van der Waals surface area contributed by atoms with Gasteiger partial charge in [-0.05, 0) is 36.0 Å². The number of rotatable bonds is 5. The van der Waals surface area contributed by atoms with Gasteiger partial charge in [0.25, 0.3) is 5.91 Å². The van der Waals surface area contributed by atoms with E-state index in [1.807, 2.05) is 24.6 Å². The van der Waals surface area contributed by atoms with Crippen LogP contribution in [0.2, 0.25) is 0 Å². The van der Waals surface area contributed by atoms with Crippen molar-refractivity contribution >= 4 is 29.5 Å². The van der Waals surface area contributed by atoms with Crippen molar-refractivity contribution in [2.45, 2.75) is 26.3 Å². The van der Waals surface area contributed by atoms with Crippen LogP contribution in [0.4, 0.5) is 0 Å². The highest BCUT2D eigenvalue weighted by Gasteiger charge is 2.21. The predicted molar refractivity (Wildman–Crippen MR) is 82.4 cm³/mol. The van der Waals surface area contributed by atoms with Crippen molar-refractivity contribution in [3.8, 4) is 0 Å². The molecule has 0 aliphatic heterocycles. The minimum absolute atomic E-state index is 0.0698. The molecule has 108 valence electrons. The van der Waals surface area contributed by atoms with Crippen LogP contribution in [0.15, 0.2) is 17.5 Å². The standard InChI is InChI=1S/C13H18N4OS2/c1-8(2)7-9(11-15-16-13(19)17(11)3)14-12(18)10-5-4-6-20-10/h4-6,8-9H,7H2,1-3H3,(H,14,18)(H,16,19)/t9-/m1/s1. The second-order valence-corrected chi connectivity index (χ2v) is 6.41.